The number of carbonyl (C=O) groups excluding carboxylic acids is 1. The van der Waals surface area contributed by atoms with Gasteiger partial charge in [-0.3, -0.25) is 4.79 Å². The molecule has 0 atom stereocenters. The molecule has 0 spiro atoms. The minimum absolute atomic E-state index is 0.0616. The van der Waals surface area contributed by atoms with Crippen molar-refractivity contribution in [2.45, 2.75) is 25.3 Å². The lowest BCUT2D eigenvalue weighted by atomic mass is 10.0. The molecular weight excluding hydrogens is 334 g/mol. The van der Waals surface area contributed by atoms with E-state index in [2.05, 4.69) is 19.6 Å². The fourth-order valence-corrected chi connectivity index (χ4v) is 4.18. The normalized spacial score (nSPS) is 15.6. The third-order valence-electron chi connectivity index (χ3n) is 4.72. The Morgan fingerprint density at radius 1 is 1.32 bits per heavy atom. The molecule has 0 unspecified atom stereocenters. The van der Waals surface area contributed by atoms with E-state index in [4.69, 9.17) is 0 Å². The number of imidazole rings is 1. The first kappa shape index (κ1) is 16.1. The Labute approximate surface area is 150 Å². The second kappa shape index (κ2) is 6.84. The van der Waals surface area contributed by atoms with Gasteiger partial charge in [0.2, 0.25) is 11.9 Å². The van der Waals surface area contributed by atoms with Gasteiger partial charge in [0, 0.05) is 44.0 Å². The zero-order valence-electron chi connectivity index (χ0n) is 14.2. The third kappa shape index (κ3) is 3.37. The predicted octanol–water partition coefficient (Wildman–Crippen LogP) is 2.36. The maximum absolute atomic E-state index is 12.4. The molecule has 1 aliphatic rings. The number of nitrogens with zero attached hydrogens (tertiary/aromatic N) is 4. The van der Waals surface area contributed by atoms with Crippen LogP contribution >= 0.6 is 11.5 Å². The Hall–Kier alpha value is -2.41. The minimum Gasteiger partial charge on any atom is -0.353 e. The van der Waals surface area contributed by atoms with Gasteiger partial charge < -0.3 is 14.8 Å². The summed E-state index contributed by atoms with van der Waals surface area (Å²) < 4.78 is 7.61. The zero-order chi connectivity index (χ0) is 17.2. The van der Waals surface area contributed by atoms with Crippen LogP contribution in [0.15, 0.2) is 36.7 Å². The van der Waals surface area contributed by atoms with Crippen LogP contribution in [0.5, 0.6) is 0 Å². The van der Waals surface area contributed by atoms with Crippen LogP contribution in [0.2, 0.25) is 0 Å². The number of aromatic nitrogens is 3. The van der Waals surface area contributed by atoms with E-state index in [0.29, 0.717) is 6.42 Å². The van der Waals surface area contributed by atoms with Crippen LogP contribution in [0.3, 0.4) is 0 Å². The van der Waals surface area contributed by atoms with E-state index < -0.39 is 0 Å². The molecule has 1 amide bonds. The molecule has 1 fully saturated rings. The molecule has 0 aliphatic carbocycles. The summed E-state index contributed by atoms with van der Waals surface area (Å²) in [4.78, 5) is 19.1. The van der Waals surface area contributed by atoms with Gasteiger partial charge in [0.25, 0.3) is 0 Å². The number of carbonyl (C=O) groups is 1. The number of anilines is 1. The summed E-state index contributed by atoms with van der Waals surface area (Å²) in [5.41, 5.74) is 0.878. The molecule has 3 aromatic rings. The molecule has 6 nitrogen and oxygen atoms in total. The first-order valence-corrected chi connectivity index (χ1v) is 9.33. The summed E-state index contributed by atoms with van der Waals surface area (Å²) in [6, 6.07) is 8.30. The largest absolute Gasteiger partial charge is 0.353 e. The highest BCUT2D eigenvalue weighted by atomic mass is 32.1. The second-order valence-electron chi connectivity index (χ2n) is 6.47. The van der Waals surface area contributed by atoms with Crippen molar-refractivity contribution < 1.29 is 4.79 Å². The Morgan fingerprint density at radius 2 is 2.12 bits per heavy atom. The summed E-state index contributed by atoms with van der Waals surface area (Å²) in [6.07, 6.45) is 6.01. The van der Waals surface area contributed by atoms with Crippen molar-refractivity contribution in [1.29, 1.82) is 0 Å². The van der Waals surface area contributed by atoms with Crippen molar-refractivity contribution in [1.82, 2.24) is 19.2 Å². The molecule has 0 bridgehead atoms. The maximum atomic E-state index is 12.4. The maximum Gasteiger partial charge on any atom is 0.226 e. The number of amides is 1. The molecule has 7 heteroatoms. The lowest BCUT2D eigenvalue weighted by Gasteiger charge is -2.33. The van der Waals surface area contributed by atoms with Gasteiger partial charge in [-0.05, 0) is 30.4 Å². The van der Waals surface area contributed by atoms with Crippen LogP contribution in [0.1, 0.15) is 18.5 Å². The highest BCUT2D eigenvalue weighted by Crippen LogP contribution is 2.23. The molecule has 1 aromatic carbocycles. The van der Waals surface area contributed by atoms with Gasteiger partial charge in [-0.15, -0.1) is 0 Å². The molecule has 1 N–H and O–H groups in total. The second-order valence-corrected chi connectivity index (χ2v) is 7.27. The minimum atomic E-state index is 0.0616. The Balaban J connectivity index is 1.32. The van der Waals surface area contributed by atoms with Crippen molar-refractivity contribution >= 4 is 33.5 Å². The first-order valence-electron chi connectivity index (χ1n) is 8.55. The fourth-order valence-electron chi connectivity index (χ4n) is 3.38. The van der Waals surface area contributed by atoms with E-state index >= 15 is 0 Å². The van der Waals surface area contributed by atoms with Gasteiger partial charge in [0.1, 0.15) is 0 Å². The van der Waals surface area contributed by atoms with Crippen LogP contribution in [0, 0.1) is 0 Å². The molecule has 2 aromatic heterocycles. The molecule has 1 saturated heterocycles. The summed E-state index contributed by atoms with van der Waals surface area (Å²) in [6.45, 7) is 1.82. The van der Waals surface area contributed by atoms with E-state index in [1.807, 2.05) is 48.3 Å². The van der Waals surface area contributed by atoms with Crippen molar-refractivity contribution in [3.63, 3.8) is 0 Å². The Kier molecular flexibility index (Phi) is 4.40. The molecule has 4 rings (SSSR count). The molecule has 0 radical (unpaired) electrons. The highest BCUT2D eigenvalue weighted by Gasteiger charge is 2.23. The van der Waals surface area contributed by atoms with E-state index in [1.165, 1.54) is 11.5 Å². The Bertz CT molecular complexity index is 878. The van der Waals surface area contributed by atoms with Gasteiger partial charge >= 0.3 is 0 Å². The van der Waals surface area contributed by atoms with Crippen molar-refractivity contribution in [2.75, 3.05) is 18.0 Å². The predicted molar refractivity (Wildman–Crippen MR) is 99.9 cm³/mol. The highest BCUT2D eigenvalue weighted by molar-refractivity contribution is 7.13. The summed E-state index contributed by atoms with van der Waals surface area (Å²) in [5.74, 6) is 1.06. The number of aryl methyl sites for hydroxylation is 1. The van der Waals surface area contributed by atoms with Crippen molar-refractivity contribution in [3.05, 3.63) is 42.4 Å². The molecule has 1 aliphatic heterocycles. The van der Waals surface area contributed by atoms with E-state index in [1.54, 1.807) is 0 Å². The number of rotatable bonds is 4. The Morgan fingerprint density at radius 3 is 2.88 bits per heavy atom. The number of hydrogen-bond acceptors (Lipinski definition) is 5. The third-order valence-corrected chi connectivity index (χ3v) is 5.58. The number of nitrogens with one attached hydrogen (secondary N) is 1. The van der Waals surface area contributed by atoms with Crippen LogP contribution in [0.4, 0.5) is 5.95 Å². The topological polar surface area (TPSA) is 63.1 Å². The lowest BCUT2D eigenvalue weighted by Crippen LogP contribution is -2.45. The average molecular weight is 355 g/mol. The number of hydrogen-bond donors (Lipinski definition) is 1. The SMILES string of the molecule is Cn1ccnc1N1CCC(NC(=O)Cc2nsc3ccccc23)CC1. The van der Waals surface area contributed by atoms with E-state index in [9.17, 15) is 4.79 Å². The van der Waals surface area contributed by atoms with Crippen LogP contribution in [-0.4, -0.2) is 39.0 Å². The van der Waals surface area contributed by atoms with Crippen molar-refractivity contribution in [3.8, 4) is 0 Å². The van der Waals surface area contributed by atoms with Gasteiger partial charge in [0.05, 0.1) is 16.8 Å². The molecule has 130 valence electrons. The van der Waals surface area contributed by atoms with Crippen molar-refractivity contribution in [2.24, 2.45) is 7.05 Å². The molecule has 25 heavy (non-hydrogen) atoms. The van der Waals surface area contributed by atoms with Crippen LogP contribution in [0.25, 0.3) is 10.1 Å². The quantitative estimate of drug-likeness (QED) is 0.780. The smallest absolute Gasteiger partial charge is 0.226 e. The average Bonchev–Trinajstić information content (AvgIpc) is 3.22. The van der Waals surface area contributed by atoms with Gasteiger partial charge in [-0.2, -0.15) is 4.37 Å². The van der Waals surface area contributed by atoms with Gasteiger partial charge in [0.15, 0.2) is 0 Å². The number of fused-ring (bicyclic) bond motifs is 1. The van der Waals surface area contributed by atoms with E-state index in [0.717, 1.165) is 47.7 Å². The number of benzene rings is 1. The summed E-state index contributed by atoms with van der Waals surface area (Å²) in [5, 5.41) is 4.26. The molecular formula is C18H21N5OS. The van der Waals surface area contributed by atoms with E-state index in [-0.39, 0.29) is 11.9 Å². The van der Waals surface area contributed by atoms with Crippen LogP contribution < -0.4 is 10.2 Å². The standard InChI is InChI=1S/C18H21N5OS/c1-22-11-8-19-18(22)23-9-6-13(7-10-23)20-17(24)12-15-14-4-2-3-5-16(14)25-21-15/h2-5,8,11,13H,6-7,9-10,12H2,1H3,(H,20,24). The number of piperidine rings is 1. The monoisotopic (exact) mass is 355 g/mol. The van der Waals surface area contributed by atoms with Gasteiger partial charge in [-0.25, -0.2) is 4.98 Å². The van der Waals surface area contributed by atoms with Crippen LogP contribution in [-0.2, 0) is 18.3 Å². The van der Waals surface area contributed by atoms with Gasteiger partial charge in [-0.1, -0.05) is 18.2 Å². The molecule has 0 saturated carbocycles. The zero-order valence-corrected chi connectivity index (χ0v) is 15.0. The lowest BCUT2D eigenvalue weighted by molar-refractivity contribution is -0.121. The first-order chi connectivity index (χ1) is 12.2. The summed E-state index contributed by atoms with van der Waals surface area (Å²) in [7, 11) is 2.01. The fraction of sp³-hybridized carbons (Fsp3) is 0.389. The molecule has 3 heterocycles. The summed E-state index contributed by atoms with van der Waals surface area (Å²) >= 11 is 1.46.